The minimum atomic E-state index is -0.262. The van der Waals surface area contributed by atoms with Gasteiger partial charge in [-0.05, 0) is 36.1 Å². The highest BCUT2D eigenvalue weighted by atomic mass is 16.6. The van der Waals surface area contributed by atoms with Gasteiger partial charge in [-0.3, -0.25) is 5.10 Å². The molecule has 158 valence electrons. The summed E-state index contributed by atoms with van der Waals surface area (Å²) >= 11 is 0. The van der Waals surface area contributed by atoms with Gasteiger partial charge in [-0.25, -0.2) is 0 Å². The number of rotatable bonds is 6. The van der Waals surface area contributed by atoms with Crippen molar-refractivity contribution in [3.8, 4) is 0 Å². The van der Waals surface area contributed by atoms with Gasteiger partial charge in [0.15, 0.2) is 0 Å². The molecule has 5 rings (SSSR count). The minimum Gasteiger partial charge on any atom is -0.399 e. The van der Waals surface area contributed by atoms with Gasteiger partial charge in [0.2, 0.25) is 0 Å². The maximum Gasteiger partial charge on any atom is 0.117 e. The number of hydrogen-bond donors (Lipinski definition) is 1. The first-order valence-electron chi connectivity index (χ1n) is 10.8. The van der Waals surface area contributed by atoms with Crippen LogP contribution in [0.15, 0.2) is 65.8 Å². The normalized spacial score (nSPS) is 20.4. The molecular weight excluding hydrogens is 384 g/mol. The first kappa shape index (κ1) is 19.6. The second-order valence-electron chi connectivity index (χ2n) is 8.69. The largest absolute Gasteiger partial charge is 0.399 e. The zero-order valence-corrected chi connectivity index (χ0v) is 18.3. The quantitative estimate of drug-likeness (QED) is 0.468. The van der Waals surface area contributed by atoms with Crippen molar-refractivity contribution in [1.29, 1.82) is 0 Å². The molecule has 31 heavy (non-hydrogen) atoms. The molecule has 1 heterocycles. The number of aromatic nitrogens is 2. The lowest BCUT2D eigenvalue weighted by atomic mass is 9.68. The van der Waals surface area contributed by atoms with Crippen molar-refractivity contribution in [2.45, 2.75) is 24.7 Å². The molecule has 0 aliphatic heterocycles. The predicted octanol–water partition coefficient (Wildman–Crippen LogP) is 4.79. The van der Waals surface area contributed by atoms with Crippen LogP contribution in [0.4, 0.5) is 5.69 Å². The summed E-state index contributed by atoms with van der Waals surface area (Å²) in [6.45, 7) is 0. The number of H-pyrrole nitrogens is 1. The van der Waals surface area contributed by atoms with Crippen LogP contribution in [0.5, 0.6) is 0 Å². The fourth-order valence-electron chi connectivity index (χ4n) is 4.59. The average molecular weight is 413 g/mol. The van der Waals surface area contributed by atoms with E-state index in [4.69, 9.17) is 4.84 Å². The topological polar surface area (TPSA) is 53.5 Å². The van der Waals surface area contributed by atoms with E-state index in [9.17, 15) is 0 Å². The summed E-state index contributed by atoms with van der Waals surface area (Å²) in [6.07, 6.45) is 7.69. The predicted molar refractivity (Wildman–Crippen MR) is 126 cm³/mol. The van der Waals surface area contributed by atoms with Crippen LogP contribution in [0, 0.1) is 5.92 Å². The third-order valence-corrected chi connectivity index (χ3v) is 6.44. The first-order valence-corrected chi connectivity index (χ1v) is 10.8. The summed E-state index contributed by atoms with van der Waals surface area (Å²) in [4.78, 5) is 7.29. The molecule has 0 bridgehead atoms. The zero-order valence-electron chi connectivity index (χ0n) is 18.3. The van der Waals surface area contributed by atoms with Crippen molar-refractivity contribution in [3.63, 3.8) is 0 Å². The van der Waals surface area contributed by atoms with E-state index in [2.05, 4.69) is 101 Å². The number of nitrogens with one attached hydrogen (secondary N) is 1. The molecule has 1 N–H and O–H groups in total. The van der Waals surface area contributed by atoms with Crippen molar-refractivity contribution >= 4 is 17.5 Å². The molecule has 1 saturated carbocycles. The Hall–Kier alpha value is -3.34. The Morgan fingerprint density at radius 3 is 2.58 bits per heavy atom. The summed E-state index contributed by atoms with van der Waals surface area (Å²) in [5, 5.41) is 12.3. The highest BCUT2D eigenvalue weighted by Crippen LogP contribution is 2.43. The zero-order chi connectivity index (χ0) is 21.4. The van der Waals surface area contributed by atoms with E-state index in [0.29, 0.717) is 5.92 Å². The van der Waals surface area contributed by atoms with Crippen LogP contribution in [-0.2, 0) is 16.7 Å². The third-order valence-electron chi connectivity index (χ3n) is 6.44. The fourth-order valence-corrected chi connectivity index (χ4v) is 4.59. The maximum absolute atomic E-state index is 5.14. The van der Waals surface area contributed by atoms with Crippen LogP contribution >= 0.6 is 0 Å². The van der Waals surface area contributed by atoms with Gasteiger partial charge in [-0.2, -0.15) is 5.10 Å². The van der Waals surface area contributed by atoms with Crippen molar-refractivity contribution < 1.29 is 4.84 Å². The number of allylic oxidation sites excluding steroid dienone is 1. The van der Waals surface area contributed by atoms with E-state index in [-0.39, 0.29) is 5.41 Å². The highest BCUT2D eigenvalue weighted by molar-refractivity contribution is 6.04. The molecule has 5 nitrogen and oxygen atoms in total. The summed E-state index contributed by atoms with van der Waals surface area (Å²) in [7, 11) is 5.77. The highest BCUT2D eigenvalue weighted by Gasteiger charge is 2.39. The van der Waals surface area contributed by atoms with Crippen LogP contribution in [0.1, 0.15) is 40.9 Å². The first-order chi connectivity index (χ1) is 15.1. The van der Waals surface area contributed by atoms with Crippen LogP contribution in [0.2, 0.25) is 0 Å². The van der Waals surface area contributed by atoms with E-state index >= 15 is 0 Å². The second-order valence-corrected chi connectivity index (χ2v) is 8.69. The molecular formula is C26H28N4O. The lowest BCUT2D eigenvalue weighted by Gasteiger charge is -2.35. The molecule has 1 aromatic heterocycles. The number of anilines is 1. The third kappa shape index (κ3) is 3.44. The fraction of sp³-hybridized carbons (Fsp3) is 0.308. The van der Waals surface area contributed by atoms with Crippen molar-refractivity contribution in [2.24, 2.45) is 11.1 Å². The van der Waals surface area contributed by atoms with Crippen LogP contribution in [0.25, 0.3) is 6.08 Å². The number of nitrogens with zero attached hydrogens (tertiary/aromatic N) is 3. The molecule has 0 spiro atoms. The Morgan fingerprint density at radius 1 is 1.10 bits per heavy atom. The van der Waals surface area contributed by atoms with Gasteiger partial charge in [0, 0.05) is 48.8 Å². The molecule has 2 aliphatic carbocycles. The second kappa shape index (κ2) is 7.73. The van der Waals surface area contributed by atoms with E-state index in [1.807, 2.05) is 0 Å². The smallest absolute Gasteiger partial charge is 0.117 e. The molecule has 2 aliphatic rings. The van der Waals surface area contributed by atoms with Crippen LogP contribution in [0.3, 0.4) is 0 Å². The van der Waals surface area contributed by atoms with Crippen molar-refractivity contribution in [2.75, 3.05) is 26.1 Å². The van der Waals surface area contributed by atoms with E-state index < -0.39 is 0 Å². The van der Waals surface area contributed by atoms with E-state index in [0.717, 1.165) is 41.9 Å². The summed E-state index contributed by atoms with van der Waals surface area (Å²) in [5.41, 5.74) is 7.65. The minimum absolute atomic E-state index is 0.262. The van der Waals surface area contributed by atoms with E-state index in [1.165, 1.54) is 16.8 Å². The molecule has 0 radical (unpaired) electrons. The summed E-state index contributed by atoms with van der Waals surface area (Å²) < 4.78 is 0. The van der Waals surface area contributed by atoms with Gasteiger partial charge < -0.3 is 9.74 Å². The Labute approximate surface area is 183 Å². The number of hydrogen-bond acceptors (Lipinski definition) is 4. The van der Waals surface area contributed by atoms with Gasteiger partial charge in [0.05, 0.1) is 0 Å². The number of fused-ring (bicyclic) bond motifs is 1. The van der Waals surface area contributed by atoms with Gasteiger partial charge >= 0.3 is 0 Å². The molecule has 1 fully saturated rings. The lowest BCUT2D eigenvalue weighted by Crippen LogP contribution is -2.31. The van der Waals surface area contributed by atoms with Crippen LogP contribution in [-0.4, -0.2) is 37.1 Å². The summed E-state index contributed by atoms with van der Waals surface area (Å²) in [6, 6.07) is 19.6. The Balaban J connectivity index is 1.63. The van der Waals surface area contributed by atoms with Crippen molar-refractivity contribution in [1.82, 2.24) is 10.2 Å². The molecule has 1 unspecified atom stereocenters. The van der Waals surface area contributed by atoms with Gasteiger partial charge in [-0.1, -0.05) is 59.8 Å². The SMILES string of the molecule is CON=C(c1n[nH]c2c1C=CC(c1ccccc1)(c1cccc(N(C)C)c1)C2)C1CC1. The molecule has 2 aromatic carbocycles. The molecule has 3 aromatic rings. The monoisotopic (exact) mass is 412 g/mol. The van der Waals surface area contributed by atoms with E-state index in [1.54, 1.807) is 7.11 Å². The molecule has 5 heteroatoms. The molecule has 0 amide bonds. The molecule has 1 atom stereocenters. The Morgan fingerprint density at radius 2 is 1.87 bits per heavy atom. The summed E-state index contributed by atoms with van der Waals surface area (Å²) in [5.74, 6) is 0.457. The maximum atomic E-state index is 5.14. The number of aromatic amines is 1. The van der Waals surface area contributed by atoms with Crippen LogP contribution < -0.4 is 4.90 Å². The standard InChI is InChI=1S/C26H28N4O/c1-30(2)21-11-7-10-20(16-21)26(19-8-5-4-6-9-19)15-14-22-23(17-26)27-28-25(22)24(29-31-3)18-12-13-18/h4-11,14-16,18H,12-13,17H2,1-3H3,(H,27,28). The number of oxime groups is 1. The Bertz CT molecular complexity index is 1140. The number of benzene rings is 2. The molecule has 0 saturated heterocycles. The van der Waals surface area contributed by atoms with Crippen molar-refractivity contribution in [3.05, 3.63) is 88.8 Å². The Kier molecular flexibility index (Phi) is 4.89. The van der Waals surface area contributed by atoms with Gasteiger partial charge in [0.25, 0.3) is 0 Å². The average Bonchev–Trinajstić information content (AvgIpc) is 3.57. The lowest BCUT2D eigenvalue weighted by molar-refractivity contribution is 0.212. The van der Waals surface area contributed by atoms with Gasteiger partial charge in [-0.15, -0.1) is 0 Å². The van der Waals surface area contributed by atoms with Gasteiger partial charge in [0.1, 0.15) is 18.5 Å².